The lowest BCUT2D eigenvalue weighted by Gasteiger charge is -2.34. The van der Waals surface area contributed by atoms with Crippen LogP contribution in [0, 0.1) is 0 Å². The van der Waals surface area contributed by atoms with Gasteiger partial charge in [0.25, 0.3) is 0 Å². The van der Waals surface area contributed by atoms with Crippen molar-refractivity contribution in [2.75, 3.05) is 18.5 Å². The highest BCUT2D eigenvalue weighted by Gasteiger charge is 2.30. The largest absolute Gasteiger partial charge is 0.375 e. The van der Waals surface area contributed by atoms with Crippen LogP contribution < -0.4 is 10.1 Å². The third-order valence-electron chi connectivity index (χ3n) is 4.49. The van der Waals surface area contributed by atoms with Crippen LogP contribution in [0.25, 0.3) is 0 Å². The molecule has 1 unspecified atom stereocenters. The van der Waals surface area contributed by atoms with E-state index >= 15 is 0 Å². The molecule has 0 aliphatic carbocycles. The van der Waals surface area contributed by atoms with Gasteiger partial charge in [0.05, 0.1) is 8.07 Å². The van der Waals surface area contributed by atoms with E-state index in [0.29, 0.717) is 5.54 Å². The van der Waals surface area contributed by atoms with Gasteiger partial charge in [0.15, 0.2) is 0 Å². The fourth-order valence-corrected chi connectivity index (χ4v) is 4.93. The molecule has 1 atom stereocenters. The zero-order chi connectivity index (χ0) is 14.6. The first kappa shape index (κ1) is 14.9. The Morgan fingerprint density at radius 1 is 0.900 bits per heavy atom. The fraction of sp³-hybridized carbons (Fsp3) is 0.333. The number of anilines is 1. The summed E-state index contributed by atoms with van der Waals surface area (Å²) in [4.78, 5) is 2.38. The van der Waals surface area contributed by atoms with Gasteiger partial charge in [-0.25, -0.2) is 0 Å². The molecule has 0 spiro atoms. The van der Waals surface area contributed by atoms with Gasteiger partial charge >= 0.3 is 0 Å². The smallest absolute Gasteiger partial charge is 0.0851 e. The molecular weight excluding hydrogens is 258 g/mol. The average molecular weight is 283 g/mol. The predicted octanol–water partition coefficient (Wildman–Crippen LogP) is 4.13. The Kier molecular flexibility index (Phi) is 4.66. The summed E-state index contributed by atoms with van der Waals surface area (Å²) in [6.45, 7) is 8.47. The van der Waals surface area contributed by atoms with Crippen molar-refractivity contribution in [2.45, 2.75) is 25.6 Å². The first-order chi connectivity index (χ1) is 9.51. The van der Waals surface area contributed by atoms with E-state index in [2.05, 4.69) is 92.6 Å². The summed E-state index contributed by atoms with van der Waals surface area (Å²) < 4.78 is 0. The van der Waals surface area contributed by atoms with Crippen LogP contribution in [0.1, 0.15) is 6.92 Å². The van der Waals surface area contributed by atoms with Gasteiger partial charge in [-0.2, -0.15) is 0 Å². The normalized spacial score (nSPS) is 13.0. The first-order valence-corrected chi connectivity index (χ1v) is 10.4. The zero-order valence-corrected chi connectivity index (χ0v) is 14.0. The molecule has 1 nitrogen and oxygen atoms in total. The maximum atomic E-state index is 2.48. The molecule has 0 aliphatic heterocycles. The number of nitrogens with zero attached hydrogens (tertiary/aromatic N) is 1. The summed E-state index contributed by atoms with van der Waals surface area (Å²) >= 11 is 0. The lowest BCUT2D eigenvalue weighted by atomic mass is 10.3. The predicted molar refractivity (Wildman–Crippen MR) is 92.7 cm³/mol. The van der Waals surface area contributed by atoms with Crippen LogP contribution in [0.2, 0.25) is 18.6 Å². The number of hydrogen-bond acceptors (Lipinski definition) is 1. The number of rotatable bonds is 5. The van der Waals surface area contributed by atoms with E-state index in [1.807, 2.05) is 0 Å². The number of para-hydroxylation sites is 1. The molecule has 0 fully saturated rings. The average Bonchev–Trinajstić information content (AvgIpc) is 2.49. The van der Waals surface area contributed by atoms with E-state index in [9.17, 15) is 0 Å². The zero-order valence-electron chi connectivity index (χ0n) is 13.0. The maximum Gasteiger partial charge on any atom is 0.0851 e. The van der Waals surface area contributed by atoms with Crippen LogP contribution in [0.3, 0.4) is 0 Å². The molecule has 0 heterocycles. The highest BCUT2D eigenvalue weighted by atomic mass is 28.3. The summed E-state index contributed by atoms with van der Waals surface area (Å²) in [7, 11) is 0.776. The number of hydrogen-bond donors (Lipinski definition) is 0. The molecule has 0 radical (unpaired) electrons. The van der Waals surface area contributed by atoms with Gasteiger partial charge in [-0.05, 0) is 17.7 Å². The topological polar surface area (TPSA) is 3.24 Å². The summed E-state index contributed by atoms with van der Waals surface area (Å²) in [6, 6.07) is 21.7. The van der Waals surface area contributed by atoms with E-state index in [4.69, 9.17) is 0 Å². The van der Waals surface area contributed by atoms with Crippen LogP contribution in [-0.4, -0.2) is 21.7 Å². The standard InChI is InChI=1S/C18H25NSi/c1-16(15-19(2)17-11-7-5-8-12-17)20(3,4)18-13-9-6-10-14-18/h5-14,16H,15H2,1-4H3. The quantitative estimate of drug-likeness (QED) is 0.746. The monoisotopic (exact) mass is 283 g/mol. The van der Waals surface area contributed by atoms with Crippen LogP contribution in [0.15, 0.2) is 60.7 Å². The van der Waals surface area contributed by atoms with E-state index in [1.165, 1.54) is 5.69 Å². The van der Waals surface area contributed by atoms with Gasteiger partial charge in [-0.1, -0.05) is 73.7 Å². The third-order valence-corrected chi connectivity index (χ3v) is 8.96. The van der Waals surface area contributed by atoms with Crippen LogP contribution in [0.4, 0.5) is 5.69 Å². The third kappa shape index (κ3) is 3.31. The van der Waals surface area contributed by atoms with Gasteiger partial charge in [0.1, 0.15) is 0 Å². The Morgan fingerprint density at radius 3 is 1.95 bits per heavy atom. The second kappa shape index (κ2) is 6.27. The summed E-state index contributed by atoms with van der Waals surface area (Å²) in [5.74, 6) is 0. The van der Waals surface area contributed by atoms with Crippen molar-refractivity contribution in [3.8, 4) is 0 Å². The SMILES string of the molecule is CC(CN(C)c1ccccc1)[Si](C)(C)c1ccccc1. The van der Waals surface area contributed by atoms with Gasteiger partial charge in [0, 0.05) is 19.3 Å². The molecule has 2 aromatic rings. The lowest BCUT2D eigenvalue weighted by molar-refractivity contribution is 0.826. The van der Waals surface area contributed by atoms with Crippen LogP contribution >= 0.6 is 0 Å². The Hall–Kier alpha value is -1.54. The molecule has 0 saturated carbocycles. The summed E-state index contributed by atoms with van der Waals surface area (Å²) in [5.41, 5.74) is 2.01. The van der Waals surface area contributed by atoms with Crippen LogP contribution in [-0.2, 0) is 0 Å². The minimum atomic E-state index is -1.42. The van der Waals surface area contributed by atoms with Crippen molar-refractivity contribution >= 4 is 18.9 Å². The van der Waals surface area contributed by atoms with E-state index < -0.39 is 8.07 Å². The molecule has 0 aliphatic rings. The molecule has 2 rings (SSSR count). The molecule has 0 bridgehead atoms. The Bertz CT molecular complexity index is 522. The maximum absolute atomic E-state index is 2.48. The highest BCUT2D eigenvalue weighted by molar-refractivity contribution is 6.91. The van der Waals surface area contributed by atoms with Crippen molar-refractivity contribution in [3.63, 3.8) is 0 Å². The number of benzene rings is 2. The molecular formula is C18H25NSi. The lowest BCUT2D eigenvalue weighted by Crippen LogP contribution is -2.48. The second-order valence-corrected chi connectivity index (χ2v) is 11.2. The molecule has 2 heteroatoms. The molecule has 0 amide bonds. The van der Waals surface area contributed by atoms with E-state index in [-0.39, 0.29) is 0 Å². The van der Waals surface area contributed by atoms with Crippen molar-refractivity contribution in [2.24, 2.45) is 0 Å². The minimum Gasteiger partial charge on any atom is -0.375 e. The van der Waals surface area contributed by atoms with E-state index in [1.54, 1.807) is 5.19 Å². The Morgan fingerprint density at radius 2 is 1.40 bits per heavy atom. The molecule has 2 aromatic carbocycles. The summed E-state index contributed by atoms with van der Waals surface area (Å²) in [6.07, 6.45) is 0. The van der Waals surface area contributed by atoms with Gasteiger partial charge in [0.2, 0.25) is 0 Å². The Labute approximate surface area is 124 Å². The molecule has 0 N–H and O–H groups in total. The molecule has 0 saturated heterocycles. The van der Waals surface area contributed by atoms with Gasteiger partial charge in [-0.15, -0.1) is 0 Å². The molecule has 0 aromatic heterocycles. The van der Waals surface area contributed by atoms with Crippen molar-refractivity contribution in [1.82, 2.24) is 0 Å². The highest BCUT2D eigenvalue weighted by Crippen LogP contribution is 2.24. The van der Waals surface area contributed by atoms with Crippen molar-refractivity contribution in [3.05, 3.63) is 60.7 Å². The van der Waals surface area contributed by atoms with Gasteiger partial charge in [-0.3, -0.25) is 0 Å². The second-order valence-electron chi connectivity index (χ2n) is 6.20. The fourth-order valence-electron chi connectivity index (χ4n) is 2.58. The van der Waals surface area contributed by atoms with E-state index in [0.717, 1.165) is 6.54 Å². The van der Waals surface area contributed by atoms with Crippen LogP contribution in [0.5, 0.6) is 0 Å². The summed E-state index contributed by atoms with van der Waals surface area (Å²) in [5, 5.41) is 1.55. The molecule has 20 heavy (non-hydrogen) atoms. The van der Waals surface area contributed by atoms with Gasteiger partial charge < -0.3 is 4.90 Å². The molecule has 106 valence electrons. The Balaban J connectivity index is 2.10. The first-order valence-electron chi connectivity index (χ1n) is 7.33. The van der Waals surface area contributed by atoms with Crippen molar-refractivity contribution < 1.29 is 0 Å². The minimum absolute atomic E-state index is 0.704. The van der Waals surface area contributed by atoms with Crippen molar-refractivity contribution in [1.29, 1.82) is 0 Å².